The van der Waals surface area contributed by atoms with E-state index in [-0.39, 0.29) is 6.10 Å². The second-order valence-corrected chi connectivity index (χ2v) is 12.9. The zero-order valence-electron chi connectivity index (χ0n) is 13.6. The molecule has 2 fully saturated rings. The number of hydrogen-bond acceptors (Lipinski definition) is 3. The smallest absolute Gasteiger partial charge is 0.191 e. The van der Waals surface area contributed by atoms with Crippen LogP contribution >= 0.6 is 0 Å². The van der Waals surface area contributed by atoms with Gasteiger partial charge in [-0.3, -0.25) is 0 Å². The SMILES string of the molecule is CC1(C)OC[C@H]([C@@H]2C[C@@H]2CO[Si](C)(C)C(C)(C)C)O1. The average molecular weight is 286 g/mol. The minimum absolute atomic E-state index is 0.281. The van der Waals surface area contributed by atoms with Crippen molar-refractivity contribution < 1.29 is 13.9 Å². The van der Waals surface area contributed by atoms with E-state index in [0.29, 0.717) is 16.9 Å². The zero-order valence-corrected chi connectivity index (χ0v) is 14.6. The second kappa shape index (κ2) is 4.83. The number of ether oxygens (including phenoxy) is 2. The van der Waals surface area contributed by atoms with E-state index in [1.165, 1.54) is 6.42 Å². The van der Waals surface area contributed by atoms with Crippen LogP contribution in [0.2, 0.25) is 18.1 Å². The molecule has 1 heterocycles. The Labute approximate surface area is 119 Å². The van der Waals surface area contributed by atoms with Crippen molar-refractivity contribution in [3.05, 3.63) is 0 Å². The van der Waals surface area contributed by atoms with E-state index in [4.69, 9.17) is 13.9 Å². The highest BCUT2D eigenvalue weighted by Gasteiger charge is 2.50. The molecule has 0 aromatic carbocycles. The van der Waals surface area contributed by atoms with Crippen molar-refractivity contribution in [2.75, 3.05) is 13.2 Å². The molecule has 19 heavy (non-hydrogen) atoms. The van der Waals surface area contributed by atoms with Gasteiger partial charge in [-0.25, -0.2) is 0 Å². The van der Waals surface area contributed by atoms with Crippen LogP contribution in [0.1, 0.15) is 41.0 Å². The molecule has 0 radical (unpaired) electrons. The summed E-state index contributed by atoms with van der Waals surface area (Å²) in [5.41, 5.74) is 0. The van der Waals surface area contributed by atoms with Crippen molar-refractivity contribution in [2.24, 2.45) is 11.8 Å². The molecular formula is C15H30O3Si. The summed E-state index contributed by atoms with van der Waals surface area (Å²) < 4.78 is 17.9. The van der Waals surface area contributed by atoms with Crippen LogP contribution in [0.15, 0.2) is 0 Å². The Hall–Kier alpha value is 0.0969. The van der Waals surface area contributed by atoms with E-state index >= 15 is 0 Å². The minimum atomic E-state index is -1.60. The summed E-state index contributed by atoms with van der Waals surface area (Å²) in [6.45, 7) is 17.2. The molecule has 2 rings (SSSR count). The van der Waals surface area contributed by atoms with Crippen LogP contribution < -0.4 is 0 Å². The van der Waals surface area contributed by atoms with E-state index in [1.54, 1.807) is 0 Å². The lowest BCUT2D eigenvalue weighted by atomic mass is 10.2. The second-order valence-electron chi connectivity index (χ2n) is 8.10. The molecule has 3 nitrogen and oxygen atoms in total. The van der Waals surface area contributed by atoms with Gasteiger partial charge in [0, 0.05) is 6.61 Å². The molecule has 4 heteroatoms. The monoisotopic (exact) mass is 286 g/mol. The maximum absolute atomic E-state index is 6.30. The topological polar surface area (TPSA) is 27.7 Å². The molecule has 0 unspecified atom stereocenters. The van der Waals surface area contributed by atoms with Crippen molar-refractivity contribution in [2.45, 2.75) is 71.1 Å². The molecule has 1 aliphatic carbocycles. The lowest BCUT2D eigenvalue weighted by Gasteiger charge is -2.36. The van der Waals surface area contributed by atoms with Gasteiger partial charge in [0.25, 0.3) is 0 Å². The number of hydrogen-bond donors (Lipinski definition) is 0. The van der Waals surface area contributed by atoms with E-state index in [0.717, 1.165) is 13.2 Å². The Morgan fingerprint density at radius 3 is 2.37 bits per heavy atom. The third-order valence-electron chi connectivity index (χ3n) is 4.95. The highest BCUT2D eigenvalue weighted by molar-refractivity contribution is 6.74. The van der Waals surface area contributed by atoms with Gasteiger partial charge in [0.1, 0.15) is 0 Å². The molecule has 1 saturated carbocycles. The van der Waals surface area contributed by atoms with Crippen molar-refractivity contribution in [1.29, 1.82) is 0 Å². The van der Waals surface area contributed by atoms with Gasteiger partial charge in [0.15, 0.2) is 14.1 Å². The van der Waals surface area contributed by atoms with Crippen molar-refractivity contribution in [3.8, 4) is 0 Å². The molecular weight excluding hydrogens is 256 g/mol. The fourth-order valence-electron chi connectivity index (χ4n) is 2.38. The molecule has 1 saturated heterocycles. The van der Waals surface area contributed by atoms with Crippen LogP contribution in [0, 0.1) is 11.8 Å². The first-order valence-electron chi connectivity index (χ1n) is 7.48. The lowest BCUT2D eigenvalue weighted by Crippen LogP contribution is -2.41. The van der Waals surface area contributed by atoms with Crippen molar-refractivity contribution in [1.82, 2.24) is 0 Å². The molecule has 3 atom stereocenters. The Morgan fingerprint density at radius 2 is 1.89 bits per heavy atom. The first-order valence-corrected chi connectivity index (χ1v) is 10.4. The standard InChI is InChI=1S/C15H30O3Si/c1-14(2,3)19(6,7)17-9-11-8-12(11)13-10-16-15(4,5)18-13/h11-13H,8-10H2,1-7H3/t11-,12-,13-/m1/s1. The maximum Gasteiger partial charge on any atom is 0.191 e. The van der Waals surface area contributed by atoms with Crippen molar-refractivity contribution >= 4 is 8.32 Å². The lowest BCUT2D eigenvalue weighted by molar-refractivity contribution is -0.141. The first-order chi connectivity index (χ1) is 8.52. The molecule has 0 amide bonds. The summed E-state index contributed by atoms with van der Waals surface area (Å²) in [5, 5.41) is 0.298. The van der Waals surface area contributed by atoms with Gasteiger partial charge in [-0.1, -0.05) is 20.8 Å². The van der Waals surface area contributed by atoms with Gasteiger partial charge < -0.3 is 13.9 Å². The molecule has 0 aromatic heterocycles. The quantitative estimate of drug-likeness (QED) is 0.736. The normalized spacial score (nSPS) is 34.6. The molecule has 112 valence electrons. The summed E-state index contributed by atoms with van der Waals surface area (Å²) in [7, 11) is -1.60. The van der Waals surface area contributed by atoms with E-state index in [2.05, 4.69) is 33.9 Å². The van der Waals surface area contributed by atoms with E-state index in [9.17, 15) is 0 Å². The van der Waals surface area contributed by atoms with Gasteiger partial charge in [0.05, 0.1) is 12.7 Å². The summed E-state index contributed by atoms with van der Waals surface area (Å²) in [4.78, 5) is 0. The Kier molecular flexibility index (Phi) is 3.94. The van der Waals surface area contributed by atoms with Gasteiger partial charge in [-0.05, 0) is 50.2 Å². The highest BCUT2D eigenvalue weighted by Crippen LogP contribution is 2.47. The molecule has 0 bridgehead atoms. The van der Waals surface area contributed by atoms with Crippen LogP contribution in [0.3, 0.4) is 0 Å². The third kappa shape index (κ3) is 3.60. The Balaban J connectivity index is 1.76. The molecule has 2 aliphatic rings. The Bertz CT molecular complexity index is 333. The summed E-state index contributed by atoms with van der Waals surface area (Å²) in [6.07, 6.45) is 1.52. The predicted octanol–water partition coefficient (Wildman–Crippen LogP) is 3.80. The fraction of sp³-hybridized carbons (Fsp3) is 1.00. The summed E-state index contributed by atoms with van der Waals surface area (Å²) in [6, 6.07) is 0. The van der Waals surface area contributed by atoms with Crippen LogP contribution in [-0.2, 0) is 13.9 Å². The van der Waals surface area contributed by atoms with Gasteiger partial charge in [-0.2, -0.15) is 0 Å². The minimum Gasteiger partial charge on any atom is -0.417 e. The predicted molar refractivity (Wildman–Crippen MR) is 79.7 cm³/mol. The zero-order chi connectivity index (χ0) is 14.5. The van der Waals surface area contributed by atoms with E-state index < -0.39 is 14.1 Å². The van der Waals surface area contributed by atoms with Gasteiger partial charge >= 0.3 is 0 Å². The van der Waals surface area contributed by atoms with Crippen LogP contribution in [0.5, 0.6) is 0 Å². The Morgan fingerprint density at radius 1 is 1.26 bits per heavy atom. The third-order valence-corrected chi connectivity index (χ3v) is 9.45. The van der Waals surface area contributed by atoms with Crippen LogP contribution in [-0.4, -0.2) is 33.4 Å². The maximum atomic E-state index is 6.30. The largest absolute Gasteiger partial charge is 0.417 e. The number of rotatable bonds is 4. The highest BCUT2D eigenvalue weighted by atomic mass is 28.4. The van der Waals surface area contributed by atoms with Crippen LogP contribution in [0.4, 0.5) is 0 Å². The van der Waals surface area contributed by atoms with Gasteiger partial charge in [0.2, 0.25) is 0 Å². The van der Waals surface area contributed by atoms with Crippen molar-refractivity contribution in [3.63, 3.8) is 0 Å². The molecule has 0 spiro atoms. The summed E-state index contributed by atoms with van der Waals surface area (Å²) in [5.74, 6) is 0.932. The van der Waals surface area contributed by atoms with E-state index in [1.807, 2.05) is 13.8 Å². The molecule has 0 aromatic rings. The molecule has 0 N–H and O–H groups in total. The molecule has 1 aliphatic heterocycles. The van der Waals surface area contributed by atoms with Gasteiger partial charge in [-0.15, -0.1) is 0 Å². The first kappa shape index (κ1) is 15.5. The fourth-order valence-corrected chi connectivity index (χ4v) is 3.44. The van der Waals surface area contributed by atoms with Crippen LogP contribution in [0.25, 0.3) is 0 Å². The average Bonchev–Trinajstić information content (AvgIpc) is 2.92. The summed E-state index contributed by atoms with van der Waals surface area (Å²) >= 11 is 0.